The van der Waals surface area contributed by atoms with Gasteiger partial charge in [-0.25, -0.2) is 0 Å². The lowest BCUT2D eigenvalue weighted by atomic mass is 9.96. The molecule has 0 bridgehead atoms. The minimum Gasteiger partial charge on any atom is -0.338 e. The lowest BCUT2D eigenvalue weighted by Crippen LogP contribution is -2.63. The molecule has 1 atom stereocenters. The molecule has 1 unspecified atom stereocenters. The van der Waals surface area contributed by atoms with Crippen molar-refractivity contribution in [1.29, 1.82) is 0 Å². The smallest absolute Gasteiger partial charge is 0.240 e. The van der Waals surface area contributed by atoms with Crippen molar-refractivity contribution in [2.24, 2.45) is 0 Å². The van der Waals surface area contributed by atoms with Gasteiger partial charge in [0.05, 0.1) is 6.04 Å². The zero-order valence-electron chi connectivity index (χ0n) is 12.3. The van der Waals surface area contributed by atoms with Crippen LogP contribution in [0.1, 0.15) is 54.4 Å². The number of carbonyl (C=O) groups is 1. The molecule has 3 heteroatoms. The third-order valence-electron chi connectivity index (χ3n) is 3.57. The van der Waals surface area contributed by atoms with Gasteiger partial charge < -0.3 is 4.90 Å². The highest BCUT2D eigenvalue weighted by molar-refractivity contribution is 5.83. The second kappa shape index (κ2) is 5.38. The Bertz CT molecular complexity index is 268. The van der Waals surface area contributed by atoms with E-state index in [0.29, 0.717) is 11.9 Å². The molecule has 0 saturated carbocycles. The molecule has 0 aliphatic carbocycles. The minimum atomic E-state index is 0.0798. The summed E-state index contributed by atoms with van der Waals surface area (Å²) in [5.74, 6) is 0.322. The van der Waals surface area contributed by atoms with Crippen LogP contribution in [0.15, 0.2) is 0 Å². The molecule has 1 rings (SSSR count). The predicted octanol–water partition coefficient (Wildman–Crippen LogP) is 2.51. The Hall–Kier alpha value is -0.570. The molecule has 100 valence electrons. The van der Waals surface area contributed by atoms with Gasteiger partial charge >= 0.3 is 0 Å². The van der Waals surface area contributed by atoms with Crippen LogP contribution in [0.4, 0.5) is 0 Å². The van der Waals surface area contributed by atoms with Crippen LogP contribution in [0.5, 0.6) is 0 Å². The van der Waals surface area contributed by atoms with Crippen molar-refractivity contribution < 1.29 is 4.79 Å². The Balaban J connectivity index is 2.88. The van der Waals surface area contributed by atoms with Crippen LogP contribution in [0.3, 0.4) is 0 Å². The molecular weight excluding hydrogens is 212 g/mol. The van der Waals surface area contributed by atoms with Crippen LogP contribution >= 0.6 is 0 Å². The monoisotopic (exact) mass is 240 g/mol. The van der Waals surface area contributed by atoms with E-state index < -0.39 is 0 Å². The summed E-state index contributed by atoms with van der Waals surface area (Å²) in [7, 11) is 0. The Kier molecular flexibility index (Phi) is 4.59. The van der Waals surface area contributed by atoms with E-state index in [0.717, 1.165) is 25.9 Å². The maximum Gasteiger partial charge on any atom is 0.240 e. The molecule has 1 saturated heterocycles. The Labute approximate surface area is 106 Å². The highest BCUT2D eigenvalue weighted by Gasteiger charge is 2.39. The number of carbonyl (C=O) groups excluding carboxylic acids is 1. The molecule has 0 spiro atoms. The van der Waals surface area contributed by atoms with Crippen LogP contribution in [0.25, 0.3) is 0 Å². The molecular formula is C14H28N2O. The fourth-order valence-electron chi connectivity index (χ4n) is 2.67. The Morgan fingerprint density at radius 3 is 2.29 bits per heavy atom. The van der Waals surface area contributed by atoms with E-state index in [9.17, 15) is 4.79 Å². The van der Waals surface area contributed by atoms with Gasteiger partial charge in [0.15, 0.2) is 0 Å². The molecule has 0 aromatic rings. The van der Waals surface area contributed by atoms with E-state index >= 15 is 0 Å². The SMILES string of the molecule is CCCC1C(=O)N(C(C)C)CCN1C(C)(C)C. The van der Waals surface area contributed by atoms with Crippen LogP contribution in [-0.2, 0) is 4.79 Å². The average Bonchev–Trinajstić information content (AvgIpc) is 2.18. The highest BCUT2D eigenvalue weighted by Crippen LogP contribution is 2.25. The van der Waals surface area contributed by atoms with Crippen molar-refractivity contribution in [1.82, 2.24) is 9.80 Å². The zero-order valence-corrected chi connectivity index (χ0v) is 12.3. The first kappa shape index (κ1) is 14.5. The van der Waals surface area contributed by atoms with Crippen molar-refractivity contribution in [2.75, 3.05) is 13.1 Å². The number of piperazine rings is 1. The van der Waals surface area contributed by atoms with E-state index in [1.165, 1.54) is 0 Å². The van der Waals surface area contributed by atoms with Crippen molar-refractivity contribution >= 4 is 5.91 Å². The lowest BCUT2D eigenvalue weighted by Gasteiger charge is -2.48. The third kappa shape index (κ3) is 3.21. The number of hydrogen-bond donors (Lipinski definition) is 0. The van der Waals surface area contributed by atoms with Crippen LogP contribution in [-0.4, -0.2) is 46.4 Å². The van der Waals surface area contributed by atoms with Gasteiger partial charge in [-0.2, -0.15) is 0 Å². The van der Waals surface area contributed by atoms with Gasteiger partial charge in [-0.3, -0.25) is 9.69 Å². The topological polar surface area (TPSA) is 23.6 Å². The number of amides is 1. The summed E-state index contributed by atoms with van der Waals surface area (Å²) in [4.78, 5) is 16.9. The summed E-state index contributed by atoms with van der Waals surface area (Å²) >= 11 is 0. The van der Waals surface area contributed by atoms with E-state index in [1.54, 1.807) is 0 Å². The molecule has 0 aromatic carbocycles. The number of hydrogen-bond acceptors (Lipinski definition) is 2. The normalized spacial score (nSPS) is 23.6. The summed E-state index contributed by atoms with van der Waals surface area (Å²) < 4.78 is 0. The molecule has 17 heavy (non-hydrogen) atoms. The second-order valence-electron chi connectivity index (χ2n) is 6.29. The molecule has 0 N–H and O–H groups in total. The molecule has 1 amide bonds. The van der Waals surface area contributed by atoms with Crippen molar-refractivity contribution in [3.8, 4) is 0 Å². The van der Waals surface area contributed by atoms with Gasteiger partial charge in [-0.05, 0) is 41.0 Å². The van der Waals surface area contributed by atoms with Gasteiger partial charge in [0.25, 0.3) is 0 Å². The summed E-state index contributed by atoms with van der Waals surface area (Å²) in [6.07, 6.45) is 2.04. The van der Waals surface area contributed by atoms with Gasteiger partial charge in [-0.1, -0.05) is 13.3 Å². The molecule has 0 radical (unpaired) electrons. The van der Waals surface area contributed by atoms with E-state index in [2.05, 4.69) is 46.4 Å². The molecule has 1 fully saturated rings. The van der Waals surface area contributed by atoms with Gasteiger partial charge in [0, 0.05) is 24.7 Å². The predicted molar refractivity (Wildman–Crippen MR) is 72.0 cm³/mol. The van der Waals surface area contributed by atoms with Crippen LogP contribution < -0.4 is 0 Å². The number of nitrogens with zero attached hydrogens (tertiary/aromatic N) is 2. The fourth-order valence-corrected chi connectivity index (χ4v) is 2.67. The quantitative estimate of drug-likeness (QED) is 0.757. The van der Waals surface area contributed by atoms with E-state index in [-0.39, 0.29) is 11.6 Å². The zero-order chi connectivity index (χ0) is 13.2. The average molecular weight is 240 g/mol. The fraction of sp³-hybridized carbons (Fsp3) is 0.929. The largest absolute Gasteiger partial charge is 0.338 e. The summed E-state index contributed by atoms with van der Waals surface area (Å²) in [5.41, 5.74) is 0.0819. The highest BCUT2D eigenvalue weighted by atomic mass is 16.2. The lowest BCUT2D eigenvalue weighted by molar-refractivity contribution is -0.148. The van der Waals surface area contributed by atoms with Gasteiger partial charge in [0.2, 0.25) is 5.91 Å². The van der Waals surface area contributed by atoms with Crippen LogP contribution in [0, 0.1) is 0 Å². The van der Waals surface area contributed by atoms with Gasteiger partial charge in [0.1, 0.15) is 0 Å². The molecule has 1 aliphatic rings. The molecule has 1 aliphatic heterocycles. The first-order chi connectivity index (χ1) is 7.79. The Morgan fingerprint density at radius 1 is 1.29 bits per heavy atom. The minimum absolute atomic E-state index is 0.0798. The van der Waals surface area contributed by atoms with Crippen molar-refractivity contribution in [2.45, 2.75) is 72.0 Å². The maximum absolute atomic E-state index is 12.5. The maximum atomic E-state index is 12.5. The summed E-state index contributed by atoms with van der Waals surface area (Å²) in [5, 5.41) is 0. The first-order valence-electron chi connectivity index (χ1n) is 6.86. The van der Waals surface area contributed by atoms with Crippen molar-refractivity contribution in [3.63, 3.8) is 0 Å². The van der Waals surface area contributed by atoms with Gasteiger partial charge in [-0.15, -0.1) is 0 Å². The first-order valence-corrected chi connectivity index (χ1v) is 6.86. The van der Waals surface area contributed by atoms with Crippen molar-refractivity contribution in [3.05, 3.63) is 0 Å². The summed E-state index contributed by atoms with van der Waals surface area (Å²) in [6, 6.07) is 0.403. The molecule has 1 heterocycles. The van der Waals surface area contributed by atoms with E-state index in [1.807, 2.05) is 4.90 Å². The standard InChI is InChI=1S/C14H28N2O/c1-7-8-12-13(17)15(11(2)3)9-10-16(12)14(4,5)6/h11-12H,7-10H2,1-6H3. The Morgan fingerprint density at radius 2 is 1.88 bits per heavy atom. The molecule has 0 aromatic heterocycles. The second-order valence-corrected chi connectivity index (χ2v) is 6.29. The summed E-state index contributed by atoms with van der Waals surface area (Å²) in [6.45, 7) is 14.8. The van der Waals surface area contributed by atoms with Crippen LogP contribution in [0.2, 0.25) is 0 Å². The molecule has 3 nitrogen and oxygen atoms in total. The third-order valence-corrected chi connectivity index (χ3v) is 3.57. The number of rotatable bonds is 3. The van der Waals surface area contributed by atoms with E-state index in [4.69, 9.17) is 0 Å².